The Morgan fingerprint density at radius 1 is 0.952 bits per heavy atom. The first-order valence-corrected chi connectivity index (χ1v) is 8.19. The highest BCUT2D eigenvalue weighted by molar-refractivity contribution is 6.33. The van der Waals surface area contributed by atoms with Gasteiger partial charge in [-0.2, -0.15) is 0 Å². The summed E-state index contributed by atoms with van der Waals surface area (Å²) in [4.78, 5) is 0. The van der Waals surface area contributed by atoms with Gasteiger partial charge in [0.05, 0.1) is 30.9 Å². The van der Waals surface area contributed by atoms with E-state index in [-0.39, 0.29) is 6.10 Å². The summed E-state index contributed by atoms with van der Waals surface area (Å²) in [6.07, 6.45) is 4.02. The predicted molar refractivity (Wildman–Crippen MR) is 80.6 cm³/mol. The third-order valence-corrected chi connectivity index (χ3v) is 4.87. The van der Waals surface area contributed by atoms with Crippen LogP contribution in [0.15, 0.2) is 0 Å². The van der Waals surface area contributed by atoms with Crippen LogP contribution < -0.4 is 14.8 Å². The van der Waals surface area contributed by atoms with Crippen LogP contribution in [-0.2, 0) is 17.6 Å². The lowest BCUT2D eigenvalue weighted by atomic mass is 9.90. The number of hydrogen-bond donors (Lipinski definition) is 1. The predicted octanol–water partition coefficient (Wildman–Crippen LogP) is 2.65. The highest BCUT2D eigenvalue weighted by Crippen LogP contribution is 2.48. The zero-order valence-electron chi connectivity index (χ0n) is 12.0. The molecule has 21 heavy (non-hydrogen) atoms. The van der Waals surface area contributed by atoms with Gasteiger partial charge in [-0.25, -0.2) is 0 Å². The Morgan fingerprint density at radius 2 is 1.71 bits per heavy atom. The Bertz CT molecular complexity index is 518. The average molecular weight is 310 g/mol. The maximum absolute atomic E-state index is 6.59. The first-order chi connectivity index (χ1) is 10.4. The summed E-state index contributed by atoms with van der Waals surface area (Å²) < 4.78 is 17.9. The van der Waals surface area contributed by atoms with Crippen molar-refractivity contribution in [1.82, 2.24) is 5.32 Å². The van der Waals surface area contributed by atoms with Gasteiger partial charge in [0.1, 0.15) is 11.5 Å². The van der Waals surface area contributed by atoms with Crippen LogP contribution in [0.1, 0.15) is 35.6 Å². The van der Waals surface area contributed by atoms with Crippen LogP contribution >= 0.6 is 11.6 Å². The fraction of sp³-hybridized carbons (Fsp3) is 0.625. The molecule has 0 aliphatic carbocycles. The zero-order valence-corrected chi connectivity index (χ0v) is 12.8. The monoisotopic (exact) mass is 309 g/mol. The minimum absolute atomic E-state index is 0.0401. The molecule has 0 bridgehead atoms. The van der Waals surface area contributed by atoms with Gasteiger partial charge in [0, 0.05) is 29.8 Å². The lowest BCUT2D eigenvalue weighted by Crippen LogP contribution is -2.34. The van der Waals surface area contributed by atoms with E-state index in [2.05, 4.69) is 5.32 Å². The van der Waals surface area contributed by atoms with Crippen molar-refractivity contribution in [1.29, 1.82) is 0 Å². The van der Waals surface area contributed by atoms with Crippen molar-refractivity contribution < 1.29 is 14.2 Å². The van der Waals surface area contributed by atoms with E-state index >= 15 is 0 Å². The molecule has 1 unspecified atom stereocenters. The maximum Gasteiger partial charge on any atom is 0.141 e. The molecule has 5 heteroatoms. The molecular weight excluding hydrogens is 290 g/mol. The Hall–Kier alpha value is -0.970. The molecule has 0 spiro atoms. The second-order valence-corrected chi connectivity index (χ2v) is 6.19. The summed E-state index contributed by atoms with van der Waals surface area (Å²) in [5.74, 6) is 1.83. The van der Waals surface area contributed by atoms with Crippen molar-refractivity contribution in [3.8, 4) is 11.5 Å². The highest BCUT2D eigenvalue weighted by Gasteiger charge is 2.33. The maximum atomic E-state index is 6.59. The minimum atomic E-state index is 0.0401. The molecule has 1 atom stereocenters. The van der Waals surface area contributed by atoms with Gasteiger partial charge in [-0.1, -0.05) is 11.6 Å². The molecule has 1 saturated heterocycles. The van der Waals surface area contributed by atoms with Crippen molar-refractivity contribution in [2.24, 2.45) is 0 Å². The fourth-order valence-electron chi connectivity index (χ4n) is 3.52. The molecule has 3 aliphatic rings. The van der Waals surface area contributed by atoms with Gasteiger partial charge in [0.2, 0.25) is 0 Å². The van der Waals surface area contributed by atoms with Crippen LogP contribution in [0.4, 0.5) is 0 Å². The van der Waals surface area contributed by atoms with Crippen LogP contribution in [0.3, 0.4) is 0 Å². The highest BCUT2D eigenvalue weighted by atomic mass is 35.5. The summed E-state index contributed by atoms with van der Waals surface area (Å²) in [5.41, 5.74) is 3.48. The van der Waals surface area contributed by atoms with Gasteiger partial charge in [0.25, 0.3) is 0 Å². The number of nitrogens with one attached hydrogen (secondary N) is 1. The van der Waals surface area contributed by atoms with E-state index in [1.165, 1.54) is 11.1 Å². The lowest BCUT2D eigenvalue weighted by Gasteiger charge is -2.33. The van der Waals surface area contributed by atoms with Gasteiger partial charge in [-0.3, -0.25) is 0 Å². The van der Waals surface area contributed by atoms with Crippen LogP contribution in [0, 0.1) is 0 Å². The molecule has 114 valence electrons. The van der Waals surface area contributed by atoms with Crippen molar-refractivity contribution in [2.75, 3.05) is 32.9 Å². The molecule has 4 rings (SSSR count). The van der Waals surface area contributed by atoms with Crippen LogP contribution in [0.2, 0.25) is 5.02 Å². The number of benzene rings is 1. The van der Waals surface area contributed by atoms with E-state index in [1.54, 1.807) is 0 Å². The van der Waals surface area contributed by atoms with E-state index in [9.17, 15) is 0 Å². The van der Waals surface area contributed by atoms with Crippen molar-refractivity contribution in [2.45, 2.75) is 31.8 Å². The topological polar surface area (TPSA) is 39.7 Å². The minimum Gasteiger partial charge on any atom is -0.493 e. The summed E-state index contributed by atoms with van der Waals surface area (Å²) >= 11 is 6.59. The molecule has 0 radical (unpaired) electrons. The normalized spacial score (nSPS) is 24.5. The van der Waals surface area contributed by atoms with Crippen molar-refractivity contribution >= 4 is 11.6 Å². The molecular formula is C16H20ClNO3. The fourth-order valence-corrected chi connectivity index (χ4v) is 3.86. The van der Waals surface area contributed by atoms with Crippen LogP contribution in [0.5, 0.6) is 11.5 Å². The van der Waals surface area contributed by atoms with E-state index < -0.39 is 0 Å². The van der Waals surface area contributed by atoms with Gasteiger partial charge < -0.3 is 19.5 Å². The number of ether oxygens (including phenoxy) is 3. The molecule has 3 aliphatic heterocycles. The quantitative estimate of drug-likeness (QED) is 0.866. The smallest absolute Gasteiger partial charge is 0.141 e. The first-order valence-electron chi connectivity index (χ1n) is 7.81. The van der Waals surface area contributed by atoms with E-state index in [1.807, 2.05) is 0 Å². The molecule has 1 aromatic carbocycles. The molecule has 0 saturated carbocycles. The summed E-state index contributed by atoms with van der Waals surface area (Å²) in [6.45, 7) is 3.97. The number of halogens is 1. The van der Waals surface area contributed by atoms with Gasteiger partial charge >= 0.3 is 0 Å². The molecule has 1 N–H and O–H groups in total. The summed E-state index contributed by atoms with van der Waals surface area (Å²) in [5, 5.41) is 4.16. The van der Waals surface area contributed by atoms with Gasteiger partial charge in [-0.05, 0) is 25.7 Å². The van der Waals surface area contributed by atoms with E-state index in [0.717, 1.165) is 80.7 Å². The summed E-state index contributed by atoms with van der Waals surface area (Å²) in [6, 6.07) is 0. The molecule has 4 nitrogen and oxygen atoms in total. The van der Waals surface area contributed by atoms with Gasteiger partial charge in [-0.15, -0.1) is 0 Å². The molecule has 0 amide bonds. The van der Waals surface area contributed by atoms with Crippen molar-refractivity contribution in [3.05, 3.63) is 21.7 Å². The second kappa shape index (κ2) is 5.67. The Labute approximate surface area is 129 Å². The second-order valence-electron chi connectivity index (χ2n) is 5.81. The Balaban J connectivity index is 1.89. The number of hydrogen-bond acceptors (Lipinski definition) is 4. The van der Waals surface area contributed by atoms with Gasteiger partial charge in [0.15, 0.2) is 0 Å². The van der Waals surface area contributed by atoms with Crippen LogP contribution in [0.25, 0.3) is 0 Å². The number of morpholine rings is 1. The number of rotatable bonds is 1. The molecule has 1 fully saturated rings. The lowest BCUT2D eigenvalue weighted by molar-refractivity contribution is 0.0245. The molecule has 3 heterocycles. The Morgan fingerprint density at radius 3 is 2.48 bits per heavy atom. The van der Waals surface area contributed by atoms with E-state index in [0.29, 0.717) is 0 Å². The first kappa shape index (κ1) is 13.7. The third-order valence-electron chi connectivity index (χ3n) is 4.47. The Kier molecular flexibility index (Phi) is 3.69. The van der Waals surface area contributed by atoms with E-state index in [4.69, 9.17) is 25.8 Å². The SMILES string of the molecule is Clc1c2c(c(C3CNCCO3)c3c1OCCC3)OCCC2. The largest absolute Gasteiger partial charge is 0.493 e. The number of fused-ring (bicyclic) bond motifs is 2. The zero-order chi connectivity index (χ0) is 14.2. The standard InChI is InChI=1S/C16H20ClNO3/c17-14-11-4-2-6-20-15(11)13(12-9-18-5-8-19-12)10-3-1-7-21-16(10)14/h12,18H,1-9H2. The van der Waals surface area contributed by atoms with Crippen LogP contribution in [-0.4, -0.2) is 32.9 Å². The third kappa shape index (κ3) is 2.30. The molecule has 1 aromatic rings. The summed E-state index contributed by atoms with van der Waals surface area (Å²) in [7, 11) is 0. The average Bonchev–Trinajstić information content (AvgIpc) is 2.56. The van der Waals surface area contributed by atoms with Crippen molar-refractivity contribution in [3.63, 3.8) is 0 Å². The molecule has 0 aromatic heterocycles.